The SMILES string of the molecule is C=CCn1c(CN)cc2ccccc21. The van der Waals surface area contributed by atoms with Gasteiger partial charge in [-0.2, -0.15) is 0 Å². The molecule has 0 amide bonds. The van der Waals surface area contributed by atoms with E-state index in [1.807, 2.05) is 18.2 Å². The molecule has 0 saturated carbocycles. The highest BCUT2D eigenvalue weighted by Crippen LogP contribution is 2.19. The summed E-state index contributed by atoms with van der Waals surface area (Å²) in [5.74, 6) is 0. The smallest absolute Gasteiger partial charge is 0.0485 e. The van der Waals surface area contributed by atoms with Gasteiger partial charge < -0.3 is 10.3 Å². The van der Waals surface area contributed by atoms with Gasteiger partial charge in [0.25, 0.3) is 0 Å². The molecule has 14 heavy (non-hydrogen) atoms. The van der Waals surface area contributed by atoms with Crippen molar-refractivity contribution < 1.29 is 0 Å². The van der Waals surface area contributed by atoms with Crippen LogP contribution in [0, 0.1) is 0 Å². The summed E-state index contributed by atoms with van der Waals surface area (Å²) < 4.78 is 2.20. The fraction of sp³-hybridized carbons (Fsp3) is 0.167. The number of rotatable bonds is 3. The fourth-order valence-corrected chi connectivity index (χ4v) is 1.78. The van der Waals surface area contributed by atoms with Crippen LogP contribution in [-0.2, 0) is 13.1 Å². The number of hydrogen-bond donors (Lipinski definition) is 1. The quantitative estimate of drug-likeness (QED) is 0.732. The minimum atomic E-state index is 0.572. The average Bonchev–Trinajstić information content (AvgIpc) is 2.58. The van der Waals surface area contributed by atoms with E-state index in [9.17, 15) is 0 Å². The lowest BCUT2D eigenvalue weighted by atomic mass is 10.2. The molecule has 0 fully saturated rings. The molecule has 72 valence electrons. The lowest BCUT2D eigenvalue weighted by Crippen LogP contribution is -2.05. The molecule has 1 aromatic heterocycles. The van der Waals surface area contributed by atoms with E-state index in [1.165, 1.54) is 10.9 Å². The molecule has 0 radical (unpaired) electrons. The number of nitrogens with zero attached hydrogens (tertiary/aromatic N) is 1. The second kappa shape index (κ2) is 3.68. The average molecular weight is 186 g/mol. The van der Waals surface area contributed by atoms with Crippen LogP contribution in [-0.4, -0.2) is 4.57 Å². The third-order valence-corrected chi connectivity index (χ3v) is 2.42. The fourth-order valence-electron chi connectivity index (χ4n) is 1.78. The first-order chi connectivity index (χ1) is 6.86. The van der Waals surface area contributed by atoms with Gasteiger partial charge in [-0.1, -0.05) is 24.3 Å². The molecule has 0 aliphatic rings. The standard InChI is InChI=1S/C12H14N2/c1-2-7-14-11(9-13)8-10-5-3-4-6-12(10)14/h2-6,8H,1,7,9,13H2. The number of fused-ring (bicyclic) bond motifs is 1. The summed E-state index contributed by atoms with van der Waals surface area (Å²) >= 11 is 0. The summed E-state index contributed by atoms with van der Waals surface area (Å²) in [5.41, 5.74) is 8.08. The molecule has 2 rings (SSSR count). The molecule has 1 aromatic carbocycles. The van der Waals surface area contributed by atoms with Gasteiger partial charge in [0, 0.05) is 24.3 Å². The van der Waals surface area contributed by atoms with E-state index in [1.54, 1.807) is 0 Å². The molecular weight excluding hydrogens is 172 g/mol. The molecule has 0 unspecified atom stereocenters. The highest BCUT2D eigenvalue weighted by Gasteiger charge is 2.04. The van der Waals surface area contributed by atoms with E-state index >= 15 is 0 Å². The Morgan fingerprint density at radius 2 is 2.14 bits per heavy atom. The van der Waals surface area contributed by atoms with Crippen LogP contribution in [0.4, 0.5) is 0 Å². The van der Waals surface area contributed by atoms with Crippen LogP contribution >= 0.6 is 0 Å². The maximum absolute atomic E-state index is 5.69. The minimum Gasteiger partial charge on any atom is -0.339 e. The van der Waals surface area contributed by atoms with Crippen molar-refractivity contribution in [3.05, 3.63) is 48.7 Å². The lowest BCUT2D eigenvalue weighted by molar-refractivity contribution is 0.786. The Labute approximate surface area is 83.6 Å². The third kappa shape index (κ3) is 1.34. The predicted octanol–water partition coefficient (Wildman–Crippen LogP) is 2.29. The highest BCUT2D eigenvalue weighted by atomic mass is 15.0. The summed E-state index contributed by atoms with van der Waals surface area (Å²) in [6.45, 7) is 5.15. The van der Waals surface area contributed by atoms with Crippen molar-refractivity contribution >= 4 is 10.9 Å². The number of para-hydroxylation sites is 1. The first kappa shape index (κ1) is 9.03. The van der Waals surface area contributed by atoms with Crippen LogP contribution in [0.5, 0.6) is 0 Å². The number of benzene rings is 1. The van der Waals surface area contributed by atoms with Crippen LogP contribution < -0.4 is 5.73 Å². The van der Waals surface area contributed by atoms with Crippen LogP contribution in [0.3, 0.4) is 0 Å². The van der Waals surface area contributed by atoms with Gasteiger partial charge in [0.1, 0.15) is 0 Å². The molecule has 0 spiro atoms. The minimum absolute atomic E-state index is 0.572. The Hall–Kier alpha value is -1.54. The zero-order valence-electron chi connectivity index (χ0n) is 8.11. The van der Waals surface area contributed by atoms with E-state index < -0.39 is 0 Å². The zero-order chi connectivity index (χ0) is 9.97. The van der Waals surface area contributed by atoms with E-state index in [-0.39, 0.29) is 0 Å². The molecule has 2 N–H and O–H groups in total. The summed E-state index contributed by atoms with van der Waals surface area (Å²) in [6.07, 6.45) is 1.89. The Bertz CT molecular complexity index is 454. The van der Waals surface area contributed by atoms with Gasteiger partial charge >= 0.3 is 0 Å². The number of allylic oxidation sites excluding steroid dienone is 1. The van der Waals surface area contributed by atoms with Crippen LogP contribution in [0.15, 0.2) is 43.0 Å². The van der Waals surface area contributed by atoms with Crippen molar-refractivity contribution in [3.63, 3.8) is 0 Å². The molecule has 2 heteroatoms. The molecule has 1 heterocycles. The van der Waals surface area contributed by atoms with Crippen LogP contribution in [0.1, 0.15) is 5.69 Å². The monoisotopic (exact) mass is 186 g/mol. The van der Waals surface area contributed by atoms with Crippen molar-refractivity contribution in [3.8, 4) is 0 Å². The van der Waals surface area contributed by atoms with Crippen LogP contribution in [0.25, 0.3) is 10.9 Å². The van der Waals surface area contributed by atoms with Gasteiger partial charge in [0.2, 0.25) is 0 Å². The maximum Gasteiger partial charge on any atom is 0.0485 e. The Morgan fingerprint density at radius 3 is 2.86 bits per heavy atom. The Kier molecular flexibility index (Phi) is 2.37. The molecule has 2 nitrogen and oxygen atoms in total. The van der Waals surface area contributed by atoms with Gasteiger partial charge in [0.05, 0.1) is 0 Å². The first-order valence-electron chi connectivity index (χ1n) is 4.75. The van der Waals surface area contributed by atoms with E-state index in [2.05, 4.69) is 29.3 Å². The summed E-state index contributed by atoms with van der Waals surface area (Å²) in [7, 11) is 0. The van der Waals surface area contributed by atoms with Crippen molar-refractivity contribution in [2.45, 2.75) is 13.1 Å². The van der Waals surface area contributed by atoms with E-state index in [4.69, 9.17) is 5.73 Å². The van der Waals surface area contributed by atoms with Gasteiger partial charge in [-0.15, -0.1) is 6.58 Å². The van der Waals surface area contributed by atoms with E-state index in [0.29, 0.717) is 6.54 Å². The largest absolute Gasteiger partial charge is 0.339 e. The summed E-state index contributed by atoms with van der Waals surface area (Å²) in [5, 5.41) is 1.25. The highest BCUT2D eigenvalue weighted by molar-refractivity contribution is 5.81. The van der Waals surface area contributed by atoms with Crippen molar-refractivity contribution in [1.82, 2.24) is 4.57 Å². The molecular formula is C12H14N2. The molecule has 0 atom stereocenters. The lowest BCUT2D eigenvalue weighted by Gasteiger charge is -2.05. The van der Waals surface area contributed by atoms with Crippen molar-refractivity contribution in [1.29, 1.82) is 0 Å². The van der Waals surface area contributed by atoms with Gasteiger partial charge in [-0.25, -0.2) is 0 Å². The summed E-state index contributed by atoms with van der Waals surface area (Å²) in [4.78, 5) is 0. The maximum atomic E-state index is 5.69. The van der Waals surface area contributed by atoms with Crippen molar-refractivity contribution in [2.75, 3.05) is 0 Å². The normalized spacial score (nSPS) is 10.6. The van der Waals surface area contributed by atoms with Crippen LogP contribution in [0.2, 0.25) is 0 Å². The third-order valence-electron chi connectivity index (χ3n) is 2.42. The van der Waals surface area contributed by atoms with Gasteiger partial charge in [-0.05, 0) is 17.5 Å². The first-order valence-corrected chi connectivity index (χ1v) is 4.75. The topological polar surface area (TPSA) is 30.9 Å². The zero-order valence-corrected chi connectivity index (χ0v) is 8.11. The molecule has 0 aliphatic heterocycles. The number of hydrogen-bond acceptors (Lipinski definition) is 1. The number of nitrogens with two attached hydrogens (primary N) is 1. The predicted molar refractivity (Wildman–Crippen MR) is 60.0 cm³/mol. The summed E-state index contributed by atoms with van der Waals surface area (Å²) in [6, 6.07) is 10.4. The second-order valence-corrected chi connectivity index (χ2v) is 3.30. The molecule has 0 aliphatic carbocycles. The van der Waals surface area contributed by atoms with Crippen molar-refractivity contribution in [2.24, 2.45) is 5.73 Å². The van der Waals surface area contributed by atoms with E-state index in [0.717, 1.165) is 12.2 Å². The Morgan fingerprint density at radius 1 is 1.36 bits per heavy atom. The van der Waals surface area contributed by atoms with Gasteiger partial charge in [0.15, 0.2) is 0 Å². The number of aromatic nitrogens is 1. The Balaban J connectivity index is 2.67. The molecule has 0 saturated heterocycles. The molecule has 2 aromatic rings. The molecule has 0 bridgehead atoms. The van der Waals surface area contributed by atoms with Gasteiger partial charge in [-0.3, -0.25) is 0 Å². The second-order valence-electron chi connectivity index (χ2n) is 3.30.